The fourth-order valence-corrected chi connectivity index (χ4v) is 2.96. The van der Waals surface area contributed by atoms with Crippen LogP contribution in [0.3, 0.4) is 0 Å². The first kappa shape index (κ1) is 15.8. The maximum absolute atomic E-state index is 4.62. The van der Waals surface area contributed by atoms with Crippen LogP contribution >= 0.6 is 0 Å². The topological polar surface area (TPSA) is 12.4 Å². The molecule has 1 unspecified atom stereocenters. The number of hydrogen-bond donors (Lipinski definition) is 0. The first-order valence-electron chi connectivity index (χ1n) is 7.81. The zero-order valence-electron chi connectivity index (χ0n) is 14.2. The van der Waals surface area contributed by atoms with Gasteiger partial charge in [-0.05, 0) is 56.9 Å². The van der Waals surface area contributed by atoms with E-state index in [2.05, 4.69) is 83.1 Å². The Kier molecular flexibility index (Phi) is 4.51. The molecule has 0 amide bonds. The van der Waals surface area contributed by atoms with Crippen molar-refractivity contribution in [3.05, 3.63) is 52.6 Å². The third kappa shape index (κ3) is 3.72. The van der Waals surface area contributed by atoms with Crippen molar-refractivity contribution in [3.63, 3.8) is 0 Å². The van der Waals surface area contributed by atoms with Crippen LogP contribution in [0, 0.1) is 5.92 Å². The number of rotatable bonds is 3. The molecule has 1 aromatic carbocycles. The molecule has 112 valence electrons. The van der Waals surface area contributed by atoms with Gasteiger partial charge in [-0.15, -0.1) is 0 Å². The van der Waals surface area contributed by atoms with Gasteiger partial charge in [-0.2, -0.15) is 0 Å². The lowest BCUT2D eigenvalue weighted by atomic mass is 9.90. The molecule has 0 N–H and O–H groups in total. The van der Waals surface area contributed by atoms with E-state index in [-0.39, 0.29) is 5.54 Å². The van der Waals surface area contributed by atoms with Crippen LogP contribution in [-0.2, 0) is 6.42 Å². The Morgan fingerprint density at radius 3 is 2.38 bits per heavy atom. The van der Waals surface area contributed by atoms with Gasteiger partial charge in [-0.3, -0.25) is 4.99 Å². The second-order valence-corrected chi connectivity index (χ2v) is 7.02. The van der Waals surface area contributed by atoms with Crippen molar-refractivity contribution in [2.75, 3.05) is 0 Å². The van der Waals surface area contributed by atoms with Crippen LogP contribution in [0.4, 0.5) is 0 Å². The fourth-order valence-electron chi connectivity index (χ4n) is 2.96. The number of nitrogens with zero attached hydrogens (tertiary/aromatic N) is 1. The van der Waals surface area contributed by atoms with E-state index in [0.29, 0.717) is 5.92 Å². The van der Waals surface area contributed by atoms with Crippen molar-refractivity contribution in [3.8, 4) is 0 Å². The average Bonchev–Trinajstić information content (AvgIpc) is 2.63. The minimum atomic E-state index is 0.00290. The summed E-state index contributed by atoms with van der Waals surface area (Å²) >= 11 is 0. The molecule has 1 aliphatic carbocycles. The van der Waals surface area contributed by atoms with Crippen LogP contribution < -0.4 is 0 Å². The van der Waals surface area contributed by atoms with E-state index in [9.17, 15) is 0 Å². The minimum absolute atomic E-state index is 0.00290. The molecule has 0 heterocycles. The molecule has 1 nitrogen and oxygen atoms in total. The maximum Gasteiger partial charge on any atom is 0.0520 e. The van der Waals surface area contributed by atoms with Gasteiger partial charge in [0.05, 0.1) is 5.54 Å². The van der Waals surface area contributed by atoms with E-state index in [4.69, 9.17) is 0 Å². The molecular formula is C20H27N. The quantitative estimate of drug-likeness (QED) is 0.652. The highest BCUT2D eigenvalue weighted by Gasteiger charge is 2.21. The molecule has 0 aromatic heterocycles. The van der Waals surface area contributed by atoms with Crippen molar-refractivity contribution < 1.29 is 0 Å². The van der Waals surface area contributed by atoms with Crippen molar-refractivity contribution in [1.29, 1.82) is 0 Å². The van der Waals surface area contributed by atoms with E-state index in [0.717, 1.165) is 6.42 Å². The third-order valence-corrected chi connectivity index (χ3v) is 4.05. The highest BCUT2D eigenvalue weighted by atomic mass is 14.8. The van der Waals surface area contributed by atoms with Gasteiger partial charge in [0.25, 0.3) is 0 Å². The van der Waals surface area contributed by atoms with Crippen LogP contribution in [0.1, 0.15) is 52.7 Å². The van der Waals surface area contributed by atoms with Crippen LogP contribution in [0.25, 0.3) is 5.57 Å². The Morgan fingerprint density at radius 2 is 1.81 bits per heavy atom. The minimum Gasteiger partial charge on any atom is -0.291 e. The molecule has 1 aromatic rings. The van der Waals surface area contributed by atoms with Gasteiger partial charge in [0.2, 0.25) is 0 Å². The predicted octanol–water partition coefficient (Wildman–Crippen LogP) is 5.47. The second kappa shape index (κ2) is 6.01. The van der Waals surface area contributed by atoms with Crippen LogP contribution in [0.2, 0.25) is 0 Å². The monoisotopic (exact) mass is 281 g/mol. The summed E-state index contributed by atoms with van der Waals surface area (Å²) in [5, 5.41) is 0. The Balaban J connectivity index is 2.33. The lowest BCUT2D eigenvalue weighted by molar-refractivity contribution is 0.585. The third-order valence-electron chi connectivity index (χ3n) is 4.05. The van der Waals surface area contributed by atoms with Crippen LogP contribution in [0.15, 0.2) is 46.5 Å². The molecule has 0 saturated heterocycles. The summed E-state index contributed by atoms with van der Waals surface area (Å²) in [6.45, 7) is 13.1. The van der Waals surface area contributed by atoms with Crippen molar-refractivity contribution >= 4 is 11.8 Å². The zero-order chi connectivity index (χ0) is 15.6. The van der Waals surface area contributed by atoms with Crippen molar-refractivity contribution in [2.45, 2.75) is 53.5 Å². The van der Waals surface area contributed by atoms with Gasteiger partial charge in [0, 0.05) is 18.6 Å². The maximum atomic E-state index is 4.62. The molecule has 1 atom stereocenters. The van der Waals surface area contributed by atoms with Gasteiger partial charge in [-0.1, -0.05) is 42.8 Å². The number of aliphatic imine (C=N–C) groups is 1. The molecule has 0 saturated carbocycles. The normalized spacial score (nSPS) is 19.5. The highest BCUT2D eigenvalue weighted by molar-refractivity contribution is 5.81. The standard InChI is InChI=1S/C20H27N/c1-14-13-15(2)19(16(14)3)18-10-8-7-9-17(18)11-12-21-20(4,5)6/h7-10,12-13,15H,11H2,1-6H3. The molecule has 2 rings (SSSR count). The lowest BCUT2D eigenvalue weighted by Gasteiger charge is -2.16. The van der Waals surface area contributed by atoms with Crippen LogP contribution in [0.5, 0.6) is 0 Å². The van der Waals surface area contributed by atoms with Gasteiger partial charge in [0.15, 0.2) is 0 Å². The predicted molar refractivity (Wildman–Crippen MR) is 93.9 cm³/mol. The van der Waals surface area contributed by atoms with Crippen molar-refractivity contribution in [1.82, 2.24) is 0 Å². The summed E-state index contributed by atoms with van der Waals surface area (Å²) in [5.74, 6) is 0.505. The second-order valence-electron chi connectivity index (χ2n) is 7.02. The van der Waals surface area contributed by atoms with E-state index in [1.54, 1.807) is 0 Å². The number of allylic oxidation sites excluding steroid dienone is 4. The Hall–Kier alpha value is -1.63. The summed E-state index contributed by atoms with van der Waals surface area (Å²) < 4.78 is 0. The molecule has 0 fully saturated rings. The average molecular weight is 281 g/mol. The number of hydrogen-bond acceptors (Lipinski definition) is 1. The summed E-state index contributed by atoms with van der Waals surface area (Å²) in [6.07, 6.45) is 5.33. The fraction of sp³-hybridized carbons (Fsp3) is 0.450. The summed E-state index contributed by atoms with van der Waals surface area (Å²) in [4.78, 5) is 4.62. The van der Waals surface area contributed by atoms with Crippen molar-refractivity contribution in [2.24, 2.45) is 10.9 Å². The summed E-state index contributed by atoms with van der Waals surface area (Å²) in [7, 11) is 0. The molecule has 1 heteroatoms. The van der Waals surface area contributed by atoms with Gasteiger partial charge in [0.1, 0.15) is 0 Å². The van der Waals surface area contributed by atoms with E-state index in [1.165, 1.54) is 27.8 Å². The molecule has 21 heavy (non-hydrogen) atoms. The molecule has 0 radical (unpaired) electrons. The highest BCUT2D eigenvalue weighted by Crippen LogP contribution is 2.38. The lowest BCUT2D eigenvalue weighted by Crippen LogP contribution is -2.10. The van der Waals surface area contributed by atoms with Crippen LogP contribution in [-0.4, -0.2) is 11.8 Å². The molecular weight excluding hydrogens is 254 g/mol. The molecule has 1 aliphatic rings. The van der Waals surface area contributed by atoms with Gasteiger partial charge >= 0.3 is 0 Å². The summed E-state index contributed by atoms with van der Waals surface area (Å²) in [5.41, 5.74) is 7.08. The van der Waals surface area contributed by atoms with E-state index in [1.807, 2.05) is 0 Å². The first-order chi connectivity index (χ1) is 9.79. The molecule has 0 aliphatic heterocycles. The SMILES string of the molecule is CC1=CC(C)C(c2ccccc2CC=NC(C)(C)C)=C1C. The Labute approximate surface area is 129 Å². The largest absolute Gasteiger partial charge is 0.291 e. The summed E-state index contributed by atoms with van der Waals surface area (Å²) in [6, 6.07) is 8.74. The van der Waals surface area contributed by atoms with Gasteiger partial charge in [-0.25, -0.2) is 0 Å². The first-order valence-corrected chi connectivity index (χ1v) is 7.81. The molecule has 0 bridgehead atoms. The smallest absolute Gasteiger partial charge is 0.0520 e. The zero-order valence-corrected chi connectivity index (χ0v) is 14.2. The van der Waals surface area contributed by atoms with Gasteiger partial charge < -0.3 is 0 Å². The Bertz CT molecular complexity index is 609. The molecule has 0 spiro atoms. The van der Waals surface area contributed by atoms with E-state index < -0.39 is 0 Å². The Morgan fingerprint density at radius 1 is 1.14 bits per heavy atom. The van der Waals surface area contributed by atoms with E-state index >= 15 is 0 Å². The number of benzene rings is 1.